The highest BCUT2D eigenvalue weighted by Gasteiger charge is 2.43. The summed E-state index contributed by atoms with van der Waals surface area (Å²) in [5.74, 6) is -1.86. The van der Waals surface area contributed by atoms with Gasteiger partial charge < -0.3 is 44.8 Å². The predicted molar refractivity (Wildman–Crippen MR) is 210 cm³/mol. The first-order valence-electron chi connectivity index (χ1n) is 19.6. The van der Waals surface area contributed by atoms with E-state index in [4.69, 9.17) is 14.5 Å². The van der Waals surface area contributed by atoms with Crippen molar-refractivity contribution in [3.05, 3.63) is 35.9 Å². The summed E-state index contributed by atoms with van der Waals surface area (Å²) in [6, 6.07) is 6.61. The minimum atomic E-state index is -1.12. The second kappa shape index (κ2) is 21.4. The van der Waals surface area contributed by atoms with Crippen molar-refractivity contribution >= 4 is 29.7 Å². The molecule has 3 amide bonds. The first kappa shape index (κ1) is 44.6. The number of amides is 3. The number of likely N-dealkylation sites (N-methyl/N-ethyl adjacent to an activating group) is 1. The molecule has 1 aromatic carbocycles. The van der Waals surface area contributed by atoms with Crippen LogP contribution in [0.5, 0.6) is 0 Å². The summed E-state index contributed by atoms with van der Waals surface area (Å²) in [5, 5.41) is 16.0. The minimum absolute atomic E-state index is 0.0119. The first-order valence-corrected chi connectivity index (χ1v) is 19.6. The highest BCUT2D eigenvalue weighted by atomic mass is 16.5. The molecule has 2 saturated heterocycles. The molecule has 0 aliphatic carbocycles. The number of rotatable bonds is 18. The molecule has 54 heavy (non-hydrogen) atoms. The molecule has 14 heteroatoms. The lowest BCUT2D eigenvalue weighted by molar-refractivity contribution is -0.147. The van der Waals surface area contributed by atoms with Crippen LogP contribution in [0.25, 0.3) is 0 Å². The van der Waals surface area contributed by atoms with Gasteiger partial charge in [0.15, 0.2) is 5.96 Å². The maximum atomic E-state index is 14.4. The average molecular weight is 758 g/mol. The fraction of sp³-hybridized carbons (Fsp3) is 0.725. The Morgan fingerprint density at radius 1 is 1.00 bits per heavy atom. The molecule has 0 aromatic heterocycles. The maximum absolute atomic E-state index is 14.4. The lowest BCUT2D eigenvalue weighted by Gasteiger charge is -2.40. The van der Waals surface area contributed by atoms with Crippen LogP contribution in [0.2, 0.25) is 0 Å². The SMILES string of the molecule is CC[C@H](C)[C@@H]([C@@H](CC(=O)N1CCC[C@H]1[C@H](OC)[C@@H](C)C(=O)NC(Cc1ccccc1)C(=O)O)OC)N(C)C(=O)[C@@H](/N=C(/N(C)C)N1CCNCC1)C(C)C. The van der Waals surface area contributed by atoms with Gasteiger partial charge in [0.1, 0.15) is 12.1 Å². The van der Waals surface area contributed by atoms with Crippen molar-refractivity contribution in [1.29, 1.82) is 0 Å². The fourth-order valence-corrected chi connectivity index (χ4v) is 7.83. The Bertz CT molecular complexity index is 1390. The van der Waals surface area contributed by atoms with Gasteiger partial charge >= 0.3 is 5.97 Å². The van der Waals surface area contributed by atoms with Crippen LogP contribution in [-0.4, -0.2) is 159 Å². The normalized spacial score (nSPS) is 20.4. The number of methoxy groups -OCH3 is 2. The molecule has 2 heterocycles. The topological polar surface area (TPSA) is 156 Å². The van der Waals surface area contributed by atoms with E-state index in [2.05, 4.69) is 29.4 Å². The molecule has 0 saturated carbocycles. The number of carboxylic acids is 1. The monoisotopic (exact) mass is 758 g/mol. The van der Waals surface area contributed by atoms with Crippen molar-refractivity contribution in [2.45, 2.75) is 103 Å². The fourth-order valence-electron chi connectivity index (χ4n) is 7.83. The number of benzene rings is 1. The van der Waals surface area contributed by atoms with Gasteiger partial charge in [0.2, 0.25) is 17.7 Å². The number of aliphatic carboxylic acids is 1. The Morgan fingerprint density at radius 3 is 2.19 bits per heavy atom. The number of hydrogen-bond donors (Lipinski definition) is 3. The zero-order valence-corrected chi connectivity index (χ0v) is 34.3. The third kappa shape index (κ3) is 11.6. The predicted octanol–water partition coefficient (Wildman–Crippen LogP) is 2.57. The summed E-state index contributed by atoms with van der Waals surface area (Å²) in [6.07, 6.45) is 1.05. The van der Waals surface area contributed by atoms with E-state index in [-0.39, 0.29) is 36.5 Å². The van der Waals surface area contributed by atoms with Gasteiger partial charge in [-0.3, -0.25) is 14.4 Å². The van der Waals surface area contributed by atoms with Crippen LogP contribution in [0.15, 0.2) is 35.3 Å². The molecule has 8 atom stereocenters. The zero-order valence-electron chi connectivity index (χ0n) is 34.3. The number of hydrogen-bond acceptors (Lipinski definition) is 8. The summed E-state index contributed by atoms with van der Waals surface area (Å²) < 4.78 is 12.0. The third-order valence-electron chi connectivity index (χ3n) is 11.1. The van der Waals surface area contributed by atoms with Crippen LogP contribution in [0, 0.1) is 17.8 Å². The Kier molecular flexibility index (Phi) is 17.7. The maximum Gasteiger partial charge on any atom is 0.326 e. The van der Waals surface area contributed by atoms with Gasteiger partial charge in [-0.05, 0) is 30.2 Å². The van der Waals surface area contributed by atoms with Crippen LogP contribution < -0.4 is 10.6 Å². The molecule has 3 rings (SSSR count). The van der Waals surface area contributed by atoms with Crippen LogP contribution in [0.3, 0.4) is 0 Å². The van der Waals surface area contributed by atoms with Gasteiger partial charge in [-0.15, -0.1) is 0 Å². The van der Waals surface area contributed by atoms with Gasteiger partial charge in [0.25, 0.3) is 0 Å². The quantitative estimate of drug-likeness (QED) is 0.150. The van der Waals surface area contributed by atoms with Crippen molar-refractivity contribution in [2.75, 3.05) is 68.1 Å². The molecule has 14 nitrogen and oxygen atoms in total. The van der Waals surface area contributed by atoms with E-state index in [0.29, 0.717) is 13.0 Å². The number of nitrogens with zero attached hydrogens (tertiary/aromatic N) is 5. The molecule has 1 unspecified atom stereocenters. The third-order valence-corrected chi connectivity index (χ3v) is 11.1. The number of aliphatic imine (C=N–C) groups is 1. The molecule has 0 bridgehead atoms. The number of nitrogens with one attached hydrogen (secondary N) is 2. The Morgan fingerprint density at radius 2 is 1.65 bits per heavy atom. The second-order valence-corrected chi connectivity index (χ2v) is 15.4. The Hall–Kier alpha value is -3.75. The summed E-state index contributed by atoms with van der Waals surface area (Å²) >= 11 is 0. The van der Waals surface area contributed by atoms with Crippen molar-refractivity contribution in [3.8, 4) is 0 Å². The number of carboxylic acid groups (broad SMARTS) is 1. The summed E-state index contributed by atoms with van der Waals surface area (Å²) in [5.41, 5.74) is 0.797. The van der Waals surface area contributed by atoms with E-state index in [1.807, 2.05) is 63.2 Å². The van der Waals surface area contributed by atoms with Gasteiger partial charge in [-0.1, -0.05) is 71.4 Å². The number of carbonyl (C=O) groups is 4. The smallest absolute Gasteiger partial charge is 0.326 e. The number of carbonyl (C=O) groups excluding carboxylic acids is 3. The highest BCUT2D eigenvalue weighted by molar-refractivity contribution is 5.88. The molecule has 3 N–H and O–H groups in total. The molecule has 2 fully saturated rings. The molecule has 2 aliphatic rings. The van der Waals surface area contributed by atoms with Gasteiger partial charge in [-0.2, -0.15) is 0 Å². The molecule has 0 radical (unpaired) electrons. The largest absolute Gasteiger partial charge is 0.480 e. The number of piperazine rings is 1. The van der Waals surface area contributed by atoms with Crippen molar-refractivity contribution in [1.82, 2.24) is 30.2 Å². The first-order chi connectivity index (χ1) is 25.7. The molecule has 304 valence electrons. The summed E-state index contributed by atoms with van der Waals surface area (Å²) in [7, 11) is 8.80. The molecular formula is C40H67N7O7. The number of likely N-dealkylation sites (tertiary alicyclic amines) is 1. The highest BCUT2D eigenvalue weighted by Crippen LogP contribution is 2.30. The van der Waals surface area contributed by atoms with E-state index in [9.17, 15) is 24.3 Å². The van der Waals surface area contributed by atoms with Gasteiger partial charge in [0.05, 0.1) is 36.6 Å². The van der Waals surface area contributed by atoms with Crippen molar-refractivity contribution in [3.63, 3.8) is 0 Å². The van der Waals surface area contributed by atoms with Crippen molar-refractivity contribution < 1.29 is 33.8 Å². The molecular weight excluding hydrogens is 690 g/mol. The minimum Gasteiger partial charge on any atom is -0.480 e. The van der Waals surface area contributed by atoms with E-state index < -0.39 is 54.2 Å². The summed E-state index contributed by atoms with van der Waals surface area (Å²) in [4.78, 5) is 67.0. The van der Waals surface area contributed by atoms with Gasteiger partial charge in [0, 0.05) is 74.5 Å². The van der Waals surface area contributed by atoms with E-state index in [1.165, 1.54) is 7.11 Å². The van der Waals surface area contributed by atoms with Crippen LogP contribution >= 0.6 is 0 Å². The van der Waals surface area contributed by atoms with E-state index >= 15 is 0 Å². The second-order valence-electron chi connectivity index (χ2n) is 15.4. The standard InChI is InChI=1S/C40H67N7O7/c1-11-27(4)35(45(8)38(50)34(26(2)3)43-40(44(6)7)46-22-19-41-20-23-46)32(53-9)25-33(48)47-21-15-18-31(47)36(54-10)28(5)37(49)42-30(39(51)52)24-29-16-13-12-14-17-29/h12-14,16-17,26-28,30-32,34-36,41H,11,15,18-25H2,1-10H3,(H,42,49)(H,51,52)/b43-40-/t27-,28+,30?,31-,32+,34-,35-,36+/m0/s1. The number of guanidine groups is 1. The van der Waals surface area contributed by atoms with Crippen LogP contribution in [-0.2, 0) is 35.1 Å². The lowest BCUT2D eigenvalue weighted by Crippen LogP contribution is -2.56. The average Bonchev–Trinajstić information content (AvgIpc) is 3.64. The Labute approximate surface area is 323 Å². The molecule has 1 aromatic rings. The molecule has 2 aliphatic heterocycles. The summed E-state index contributed by atoms with van der Waals surface area (Å²) in [6.45, 7) is 13.7. The molecule has 0 spiro atoms. The number of ether oxygens (including phenoxy) is 2. The van der Waals surface area contributed by atoms with Crippen LogP contribution in [0.4, 0.5) is 0 Å². The Balaban J connectivity index is 1.80. The van der Waals surface area contributed by atoms with Crippen molar-refractivity contribution in [2.24, 2.45) is 22.7 Å². The van der Waals surface area contributed by atoms with E-state index in [0.717, 1.165) is 50.5 Å². The lowest BCUT2D eigenvalue weighted by atomic mass is 9.89. The van der Waals surface area contributed by atoms with Gasteiger partial charge in [-0.25, -0.2) is 9.79 Å². The van der Waals surface area contributed by atoms with Crippen LogP contribution in [0.1, 0.15) is 65.9 Å². The van der Waals surface area contributed by atoms with E-state index in [1.54, 1.807) is 30.9 Å². The zero-order chi connectivity index (χ0) is 40.1.